The summed E-state index contributed by atoms with van der Waals surface area (Å²) >= 11 is 7.28. The lowest BCUT2D eigenvalue weighted by molar-refractivity contribution is -0.113. The zero-order valence-corrected chi connectivity index (χ0v) is 19.5. The highest BCUT2D eigenvalue weighted by Crippen LogP contribution is 2.30. The molecule has 2 N–H and O–H groups in total. The molecule has 0 heterocycles. The van der Waals surface area contributed by atoms with E-state index in [1.165, 1.54) is 18.9 Å². The summed E-state index contributed by atoms with van der Waals surface area (Å²) in [7, 11) is 3.08. The molecule has 3 aromatic rings. The quantitative estimate of drug-likeness (QED) is 0.416. The molecule has 0 saturated carbocycles. The Balaban J connectivity index is 1.66. The van der Waals surface area contributed by atoms with E-state index < -0.39 is 0 Å². The molecule has 0 aliphatic carbocycles. The van der Waals surface area contributed by atoms with Crippen LogP contribution in [0.2, 0.25) is 5.02 Å². The lowest BCUT2D eigenvalue weighted by Crippen LogP contribution is -2.16. The molecule has 0 atom stereocenters. The molecule has 0 aliphatic heterocycles. The van der Waals surface area contributed by atoms with Gasteiger partial charge in [-0.05, 0) is 55.0 Å². The molecule has 32 heavy (non-hydrogen) atoms. The summed E-state index contributed by atoms with van der Waals surface area (Å²) in [6.45, 7) is 1.88. The molecular formula is C24H23ClN2O4S. The molecule has 2 amide bonds. The van der Waals surface area contributed by atoms with Crippen LogP contribution in [0, 0.1) is 6.92 Å². The summed E-state index contributed by atoms with van der Waals surface area (Å²) in [4.78, 5) is 26.0. The van der Waals surface area contributed by atoms with Gasteiger partial charge in [-0.2, -0.15) is 0 Å². The number of thioether (sulfide) groups is 1. The fourth-order valence-electron chi connectivity index (χ4n) is 2.99. The second kappa shape index (κ2) is 10.9. The van der Waals surface area contributed by atoms with E-state index in [9.17, 15) is 9.59 Å². The number of halogens is 1. The first-order chi connectivity index (χ1) is 15.4. The molecule has 3 aromatic carbocycles. The zero-order valence-electron chi connectivity index (χ0n) is 17.9. The fourth-order valence-corrected chi connectivity index (χ4v) is 4.07. The van der Waals surface area contributed by atoms with Crippen molar-refractivity contribution in [3.05, 3.63) is 76.8 Å². The number of benzene rings is 3. The molecule has 6 nitrogen and oxygen atoms in total. The molecule has 0 radical (unpaired) electrons. The number of anilines is 2. The lowest BCUT2D eigenvalue weighted by Gasteiger charge is -2.12. The van der Waals surface area contributed by atoms with Crippen molar-refractivity contribution in [2.45, 2.75) is 11.8 Å². The van der Waals surface area contributed by atoms with E-state index in [4.69, 9.17) is 21.1 Å². The monoisotopic (exact) mass is 470 g/mol. The van der Waals surface area contributed by atoms with E-state index in [0.29, 0.717) is 38.4 Å². The van der Waals surface area contributed by atoms with Gasteiger partial charge in [0.2, 0.25) is 5.91 Å². The van der Waals surface area contributed by atoms with Gasteiger partial charge >= 0.3 is 0 Å². The van der Waals surface area contributed by atoms with Gasteiger partial charge in [0.1, 0.15) is 0 Å². The smallest absolute Gasteiger partial charge is 0.256 e. The van der Waals surface area contributed by atoms with Gasteiger partial charge in [-0.25, -0.2) is 0 Å². The van der Waals surface area contributed by atoms with Crippen LogP contribution in [0.3, 0.4) is 0 Å². The van der Waals surface area contributed by atoms with Crippen LogP contribution in [-0.4, -0.2) is 31.8 Å². The Kier molecular flexibility index (Phi) is 8.03. The first-order valence-electron chi connectivity index (χ1n) is 9.72. The summed E-state index contributed by atoms with van der Waals surface area (Å²) < 4.78 is 10.5. The highest BCUT2D eigenvalue weighted by Gasteiger charge is 2.15. The largest absolute Gasteiger partial charge is 0.493 e. The van der Waals surface area contributed by atoms with E-state index in [1.54, 1.807) is 55.6 Å². The van der Waals surface area contributed by atoms with Crippen molar-refractivity contribution in [2.75, 3.05) is 30.6 Å². The van der Waals surface area contributed by atoms with Gasteiger partial charge in [-0.3, -0.25) is 9.59 Å². The molecule has 3 rings (SSSR count). The number of aryl methyl sites for hydroxylation is 1. The maximum absolute atomic E-state index is 12.9. The van der Waals surface area contributed by atoms with Crippen molar-refractivity contribution in [1.82, 2.24) is 0 Å². The molecule has 0 unspecified atom stereocenters. The minimum absolute atomic E-state index is 0.138. The van der Waals surface area contributed by atoms with Crippen molar-refractivity contribution in [1.29, 1.82) is 0 Å². The van der Waals surface area contributed by atoms with Crippen LogP contribution in [0.5, 0.6) is 11.5 Å². The Labute approximate surface area is 196 Å². The van der Waals surface area contributed by atoms with Crippen LogP contribution in [0.4, 0.5) is 11.4 Å². The molecular weight excluding hydrogens is 448 g/mol. The summed E-state index contributed by atoms with van der Waals surface area (Å²) in [6.07, 6.45) is 0. The van der Waals surface area contributed by atoms with Gasteiger partial charge in [0.15, 0.2) is 11.5 Å². The average Bonchev–Trinajstić information content (AvgIpc) is 2.79. The van der Waals surface area contributed by atoms with E-state index in [0.717, 1.165) is 5.56 Å². The van der Waals surface area contributed by atoms with Crippen LogP contribution in [0.15, 0.2) is 65.6 Å². The topological polar surface area (TPSA) is 76.7 Å². The van der Waals surface area contributed by atoms with Crippen LogP contribution in [-0.2, 0) is 4.79 Å². The Morgan fingerprint density at radius 3 is 2.41 bits per heavy atom. The molecule has 0 saturated heterocycles. The van der Waals surface area contributed by atoms with Gasteiger partial charge in [0, 0.05) is 27.4 Å². The predicted octanol–water partition coefficient (Wildman–Crippen LogP) is 5.65. The number of hydrogen-bond donors (Lipinski definition) is 2. The molecule has 0 fully saturated rings. The Hall–Kier alpha value is -3.16. The van der Waals surface area contributed by atoms with E-state index in [1.807, 2.05) is 19.1 Å². The third-order valence-corrected chi connectivity index (χ3v) is 5.90. The van der Waals surface area contributed by atoms with Crippen LogP contribution >= 0.6 is 23.4 Å². The minimum Gasteiger partial charge on any atom is -0.493 e. The summed E-state index contributed by atoms with van der Waals surface area (Å²) in [5.74, 6) is 0.788. The van der Waals surface area contributed by atoms with Crippen molar-refractivity contribution < 1.29 is 19.1 Å². The molecule has 0 bridgehead atoms. The maximum Gasteiger partial charge on any atom is 0.256 e. The number of nitrogens with one attached hydrogen (secondary N) is 2. The highest BCUT2D eigenvalue weighted by molar-refractivity contribution is 8.00. The summed E-state index contributed by atoms with van der Waals surface area (Å²) in [5, 5.41) is 6.35. The fraction of sp³-hybridized carbons (Fsp3) is 0.167. The highest BCUT2D eigenvalue weighted by atomic mass is 35.5. The van der Waals surface area contributed by atoms with Crippen molar-refractivity contribution >= 4 is 46.6 Å². The zero-order chi connectivity index (χ0) is 23.1. The number of amides is 2. The predicted molar refractivity (Wildman–Crippen MR) is 129 cm³/mol. The lowest BCUT2D eigenvalue weighted by atomic mass is 10.1. The number of carbonyl (C=O) groups excluding carboxylic acids is 2. The first-order valence-corrected chi connectivity index (χ1v) is 11.1. The first kappa shape index (κ1) is 23.5. The van der Waals surface area contributed by atoms with E-state index in [2.05, 4.69) is 10.6 Å². The number of hydrogen-bond acceptors (Lipinski definition) is 5. The van der Waals surface area contributed by atoms with Gasteiger partial charge in [-0.15, -0.1) is 11.8 Å². The average molecular weight is 471 g/mol. The number of methoxy groups -OCH3 is 2. The van der Waals surface area contributed by atoms with E-state index >= 15 is 0 Å². The number of rotatable bonds is 8. The van der Waals surface area contributed by atoms with Crippen LogP contribution in [0.1, 0.15) is 15.9 Å². The molecule has 0 spiro atoms. The third-order valence-electron chi connectivity index (χ3n) is 4.59. The number of carbonyl (C=O) groups is 2. The van der Waals surface area contributed by atoms with Crippen molar-refractivity contribution in [2.24, 2.45) is 0 Å². The molecule has 166 valence electrons. The van der Waals surface area contributed by atoms with Gasteiger partial charge in [-0.1, -0.05) is 23.7 Å². The van der Waals surface area contributed by atoms with Gasteiger partial charge in [0.25, 0.3) is 5.91 Å². The second-order valence-corrected chi connectivity index (χ2v) is 8.27. The van der Waals surface area contributed by atoms with Gasteiger partial charge < -0.3 is 20.1 Å². The standard InChI is InChI=1S/C24H23ClN2O4S/c1-15-12-16(25)8-10-19(15)27-24(29)18-6-4-5-7-22(18)32-14-23(28)26-17-9-11-20(30-2)21(13-17)31-3/h4-13H,14H2,1-3H3,(H,26,28)(H,27,29). The van der Waals surface area contributed by atoms with Crippen molar-refractivity contribution in [3.63, 3.8) is 0 Å². The molecule has 0 aliphatic rings. The second-order valence-electron chi connectivity index (χ2n) is 6.82. The Morgan fingerprint density at radius 1 is 0.938 bits per heavy atom. The van der Waals surface area contributed by atoms with Crippen molar-refractivity contribution in [3.8, 4) is 11.5 Å². The summed E-state index contributed by atoms with van der Waals surface area (Å²) in [6, 6.07) is 17.6. The van der Waals surface area contributed by atoms with Gasteiger partial charge in [0.05, 0.1) is 25.5 Å². The van der Waals surface area contributed by atoms with E-state index in [-0.39, 0.29) is 17.6 Å². The maximum atomic E-state index is 12.9. The minimum atomic E-state index is -0.251. The van der Waals surface area contributed by atoms with Crippen LogP contribution in [0.25, 0.3) is 0 Å². The molecule has 8 heteroatoms. The molecule has 0 aromatic heterocycles. The Morgan fingerprint density at radius 2 is 1.69 bits per heavy atom. The normalized spacial score (nSPS) is 10.4. The number of ether oxygens (including phenoxy) is 2. The van der Waals surface area contributed by atoms with Crippen LogP contribution < -0.4 is 20.1 Å². The third kappa shape index (κ3) is 5.96. The SMILES string of the molecule is COc1ccc(NC(=O)CSc2ccccc2C(=O)Nc2ccc(Cl)cc2C)cc1OC. The Bertz CT molecular complexity index is 1140. The summed E-state index contributed by atoms with van der Waals surface area (Å²) in [5.41, 5.74) is 2.64.